The average Bonchev–Trinajstić information content (AvgIpc) is 2.69. The van der Waals surface area contributed by atoms with E-state index >= 15 is 0 Å². The fourth-order valence-electron chi connectivity index (χ4n) is 4.55. The minimum Gasteiger partial charge on any atom is -0.463 e. The lowest BCUT2D eigenvalue weighted by molar-refractivity contribution is 0.302. The zero-order chi connectivity index (χ0) is 19.5. The van der Waals surface area contributed by atoms with E-state index < -0.39 is 5.92 Å². The molecule has 1 aromatic carbocycles. The van der Waals surface area contributed by atoms with Gasteiger partial charge in [0.1, 0.15) is 11.7 Å². The average molecular weight is 371 g/mol. The highest BCUT2D eigenvalue weighted by Crippen LogP contribution is 2.36. The van der Waals surface area contributed by atoms with Gasteiger partial charge in [-0.15, -0.1) is 0 Å². The lowest BCUT2D eigenvalue weighted by Gasteiger charge is -2.37. The molecule has 4 heteroatoms. The summed E-state index contributed by atoms with van der Waals surface area (Å²) in [5.74, 6) is 0.549. The Hall–Kier alpha value is -2.98. The van der Waals surface area contributed by atoms with Crippen LogP contribution in [0.3, 0.4) is 0 Å². The smallest absolute Gasteiger partial charge is 0.143 e. The molecule has 0 spiro atoms. The van der Waals surface area contributed by atoms with Crippen molar-refractivity contribution in [2.24, 2.45) is 11.8 Å². The Morgan fingerprint density at radius 1 is 1.14 bits per heavy atom. The fourth-order valence-corrected chi connectivity index (χ4v) is 4.55. The number of nitriles is 2. The number of anilines is 1. The molecule has 28 heavy (non-hydrogen) atoms. The van der Waals surface area contributed by atoms with Crippen molar-refractivity contribution in [3.63, 3.8) is 0 Å². The van der Waals surface area contributed by atoms with Gasteiger partial charge in [-0.2, -0.15) is 10.5 Å². The van der Waals surface area contributed by atoms with E-state index in [-0.39, 0.29) is 5.92 Å². The summed E-state index contributed by atoms with van der Waals surface area (Å²) in [4.78, 5) is 2.56. The molecule has 0 saturated heterocycles. The Bertz CT molecular complexity index is 897. The molecular weight excluding hydrogens is 346 g/mol. The quantitative estimate of drug-likeness (QED) is 0.777. The molecule has 1 atom stereocenters. The highest BCUT2D eigenvalue weighted by Gasteiger charge is 2.24. The van der Waals surface area contributed by atoms with Crippen LogP contribution in [0.15, 0.2) is 48.0 Å². The van der Waals surface area contributed by atoms with Crippen molar-refractivity contribution in [3.05, 3.63) is 64.6 Å². The van der Waals surface area contributed by atoms with E-state index in [0.717, 1.165) is 12.2 Å². The van der Waals surface area contributed by atoms with Crippen LogP contribution in [0.25, 0.3) is 0 Å². The first kappa shape index (κ1) is 18.4. The van der Waals surface area contributed by atoms with E-state index in [9.17, 15) is 0 Å². The predicted octanol–water partition coefficient (Wildman–Crippen LogP) is 4.58. The van der Waals surface area contributed by atoms with E-state index in [4.69, 9.17) is 15.3 Å². The Labute approximate surface area is 167 Å². The Balaban J connectivity index is 1.50. The Morgan fingerprint density at radius 2 is 1.82 bits per heavy atom. The summed E-state index contributed by atoms with van der Waals surface area (Å²) in [6, 6.07) is 8.86. The van der Waals surface area contributed by atoms with Crippen LogP contribution in [0.4, 0.5) is 5.69 Å². The number of nitrogens with zero attached hydrogens (tertiary/aromatic N) is 3. The van der Waals surface area contributed by atoms with Crippen LogP contribution >= 0.6 is 0 Å². The van der Waals surface area contributed by atoms with E-state index in [0.29, 0.717) is 5.76 Å². The first-order valence-corrected chi connectivity index (χ1v) is 10.1. The van der Waals surface area contributed by atoms with Crippen molar-refractivity contribution in [1.82, 2.24) is 0 Å². The van der Waals surface area contributed by atoms with Gasteiger partial charge in [-0.1, -0.05) is 18.2 Å². The molecule has 3 aliphatic heterocycles. The van der Waals surface area contributed by atoms with Crippen LogP contribution in [0.2, 0.25) is 0 Å². The van der Waals surface area contributed by atoms with Crippen molar-refractivity contribution in [2.75, 3.05) is 18.0 Å². The molecule has 3 heterocycles. The van der Waals surface area contributed by atoms with Gasteiger partial charge < -0.3 is 9.64 Å². The number of rotatable bonds is 4. The monoisotopic (exact) mass is 371 g/mol. The largest absolute Gasteiger partial charge is 0.463 e. The number of ether oxygens (including phenoxy) is 1. The molecule has 0 saturated carbocycles. The SMILES string of the molecule is CC1=CC(C(C#N)C#N)C=C(/C=C/Cc2cc3c4c(c2)CCCN4CCC3)O1. The number of hydrogen-bond acceptors (Lipinski definition) is 4. The van der Waals surface area contributed by atoms with Gasteiger partial charge in [0.2, 0.25) is 0 Å². The summed E-state index contributed by atoms with van der Waals surface area (Å²) in [7, 11) is 0. The molecule has 0 fully saturated rings. The zero-order valence-corrected chi connectivity index (χ0v) is 16.3. The maximum atomic E-state index is 9.15. The number of benzene rings is 1. The summed E-state index contributed by atoms with van der Waals surface area (Å²) in [5, 5.41) is 18.3. The minimum atomic E-state index is -0.682. The van der Waals surface area contributed by atoms with Crippen molar-refractivity contribution in [3.8, 4) is 12.1 Å². The second-order valence-electron chi connectivity index (χ2n) is 7.82. The van der Waals surface area contributed by atoms with Gasteiger partial charge in [0, 0.05) is 24.7 Å². The third-order valence-electron chi connectivity index (χ3n) is 5.75. The van der Waals surface area contributed by atoms with Gasteiger partial charge in [-0.05, 0) is 73.9 Å². The molecule has 0 aromatic heterocycles. The molecule has 0 N–H and O–H groups in total. The molecule has 1 aromatic rings. The van der Waals surface area contributed by atoms with E-state index in [2.05, 4.69) is 35.2 Å². The van der Waals surface area contributed by atoms with Crippen LogP contribution in [0.5, 0.6) is 0 Å². The van der Waals surface area contributed by atoms with Gasteiger partial charge >= 0.3 is 0 Å². The molecule has 0 aliphatic carbocycles. The number of aryl methyl sites for hydroxylation is 2. The highest BCUT2D eigenvalue weighted by atomic mass is 16.5. The third kappa shape index (κ3) is 3.69. The van der Waals surface area contributed by atoms with Gasteiger partial charge in [-0.3, -0.25) is 0 Å². The van der Waals surface area contributed by atoms with Crippen molar-refractivity contribution in [2.45, 2.75) is 39.0 Å². The summed E-state index contributed by atoms with van der Waals surface area (Å²) >= 11 is 0. The van der Waals surface area contributed by atoms with Crippen LogP contribution < -0.4 is 4.90 Å². The normalized spacial score (nSPS) is 20.7. The maximum Gasteiger partial charge on any atom is 0.143 e. The van der Waals surface area contributed by atoms with Crippen LogP contribution in [-0.2, 0) is 24.0 Å². The maximum absolute atomic E-state index is 9.15. The molecule has 1 unspecified atom stereocenters. The molecular formula is C24H25N3O. The summed E-state index contributed by atoms with van der Waals surface area (Å²) < 4.78 is 5.76. The van der Waals surface area contributed by atoms with Crippen LogP contribution in [0.1, 0.15) is 36.5 Å². The lowest BCUT2D eigenvalue weighted by Crippen LogP contribution is -2.34. The topological polar surface area (TPSA) is 60.0 Å². The van der Waals surface area contributed by atoms with E-state index in [1.54, 1.807) is 0 Å². The first-order chi connectivity index (χ1) is 13.7. The number of hydrogen-bond donors (Lipinski definition) is 0. The zero-order valence-electron chi connectivity index (χ0n) is 16.3. The van der Waals surface area contributed by atoms with Gasteiger partial charge in [0.15, 0.2) is 0 Å². The van der Waals surface area contributed by atoms with E-state index in [1.165, 1.54) is 61.2 Å². The highest BCUT2D eigenvalue weighted by molar-refractivity contribution is 5.64. The third-order valence-corrected chi connectivity index (χ3v) is 5.75. The number of allylic oxidation sites excluding steroid dienone is 5. The van der Waals surface area contributed by atoms with Crippen molar-refractivity contribution >= 4 is 5.69 Å². The molecule has 0 radical (unpaired) electrons. The minimum absolute atomic E-state index is 0.220. The van der Waals surface area contributed by atoms with Crippen molar-refractivity contribution < 1.29 is 4.74 Å². The Morgan fingerprint density at radius 3 is 2.46 bits per heavy atom. The van der Waals surface area contributed by atoms with Gasteiger partial charge in [0.25, 0.3) is 0 Å². The molecule has 4 nitrogen and oxygen atoms in total. The van der Waals surface area contributed by atoms with Crippen LogP contribution in [-0.4, -0.2) is 13.1 Å². The molecule has 3 aliphatic rings. The molecule has 0 amide bonds. The van der Waals surface area contributed by atoms with E-state index in [1.807, 2.05) is 25.2 Å². The standard InChI is InChI=1S/C24H25N3O/c1-17-11-21(22(15-25)16-26)14-23(28-17)8-2-5-18-12-19-6-3-9-27-10-4-7-20(13-18)24(19)27/h2,8,11-14,21-22H,3-7,9-10H2,1H3/b8-2+. The Kier molecular flexibility index (Phi) is 5.22. The lowest BCUT2D eigenvalue weighted by atomic mass is 9.89. The fraction of sp³-hybridized carbons (Fsp3) is 0.417. The van der Waals surface area contributed by atoms with Gasteiger partial charge in [-0.25, -0.2) is 0 Å². The molecule has 142 valence electrons. The first-order valence-electron chi connectivity index (χ1n) is 10.1. The van der Waals surface area contributed by atoms with Gasteiger partial charge in [0.05, 0.1) is 17.9 Å². The summed E-state index contributed by atoms with van der Waals surface area (Å²) in [6.07, 6.45) is 13.5. The second kappa shape index (κ2) is 7.95. The predicted molar refractivity (Wildman–Crippen MR) is 109 cm³/mol. The second-order valence-corrected chi connectivity index (χ2v) is 7.82. The van der Waals surface area contributed by atoms with Crippen molar-refractivity contribution in [1.29, 1.82) is 10.5 Å². The molecule has 0 bridgehead atoms. The summed E-state index contributed by atoms with van der Waals surface area (Å²) in [6.45, 7) is 4.26. The summed E-state index contributed by atoms with van der Waals surface area (Å²) in [5.41, 5.74) is 5.86. The van der Waals surface area contributed by atoms with Crippen LogP contribution in [0, 0.1) is 34.5 Å². The molecule has 4 rings (SSSR count).